The van der Waals surface area contributed by atoms with Crippen molar-refractivity contribution in [1.82, 2.24) is 5.32 Å². The Hall–Kier alpha value is -0.740. The van der Waals surface area contributed by atoms with E-state index >= 15 is 0 Å². The predicted molar refractivity (Wildman–Crippen MR) is 69.0 cm³/mol. The zero-order chi connectivity index (χ0) is 12.4. The van der Waals surface area contributed by atoms with Gasteiger partial charge in [0.2, 0.25) is 0 Å². The fourth-order valence-corrected chi connectivity index (χ4v) is 2.58. The van der Waals surface area contributed by atoms with Crippen LogP contribution in [-0.4, -0.2) is 22.3 Å². The molecule has 2 rings (SSSR count). The van der Waals surface area contributed by atoms with Gasteiger partial charge in [0.15, 0.2) is 0 Å². The lowest BCUT2D eigenvalue weighted by Crippen LogP contribution is -2.30. The number of rotatable bonds is 4. The molecule has 0 aromatic heterocycles. The molecule has 0 saturated carbocycles. The standard InChI is InChI=1S/C13H18FNOS/c1-9(17(2)16)8-15-13-7-6-10-11(13)4-3-5-12(10)14/h3-5,9,13,15H,6-8H2,1-2H3. The maximum atomic E-state index is 13.5. The summed E-state index contributed by atoms with van der Waals surface area (Å²) < 4.78 is 24.8. The van der Waals surface area contributed by atoms with Gasteiger partial charge >= 0.3 is 0 Å². The van der Waals surface area contributed by atoms with E-state index < -0.39 is 10.8 Å². The highest BCUT2D eigenvalue weighted by molar-refractivity contribution is 7.84. The van der Waals surface area contributed by atoms with Crippen LogP contribution in [0.5, 0.6) is 0 Å². The fraction of sp³-hybridized carbons (Fsp3) is 0.538. The van der Waals surface area contributed by atoms with Crippen LogP contribution >= 0.6 is 0 Å². The van der Waals surface area contributed by atoms with Gasteiger partial charge in [0.1, 0.15) is 5.82 Å². The minimum Gasteiger partial charge on any atom is -0.309 e. The lowest BCUT2D eigenvalue weighted by Gasteiger charge is -2.16. The quantitative estimate of drug-likeness (QED) is 0.893. The Bertz CT molecular complexity index is 435. The van der Waals surface area contributed by atoms with E-state index in [-0.39, 0.29) is 17.1 Å². The van der Waals surface area contributed by atoms with Crippen molar-refractivity contribution in [3.05, 3.63) is 35.1 Å². The molecule has 4 heteroatoms. The van der Waals surface area contributed by atoms with Crippen LogP contribution in [0.15, 0.2) is 18.2 Å². The molecule has 0 bridgehead atoms. The normalized spacial score (nSPS) is 22.2. The van der Waals surface area contributed by atoms with Crippen molar-refractivity contribution < 1.29 is 8.60 Å². The molecule has 0 radical (unpaired) electrons. The first-order valence-electron chi connectivity index (χ1n) is 5.92. The van der Waals surface area contributed by atoms with Gasteiger partial charge in [-0.05, 0) is 37.0 Å². The van der Waals surface area contributed by atoms with Gasteiger partial charge in [-0.25, -0.2) is 4.39 Å². The predicted octanol–water partition coefficient (Wildman–Crippen LogP) is 2.17. The Morgan fingerprint density at radius 3 is 3.06 bits per heavy atom. The second kappa shape index (κ2) is 5.27. The van der Waals surface area contributed by atoms with Crippen LogP contribution in [0.3, 0.4) is 0 Å². The zero-order valence-electron chi connectivity index (χ0n) is 10.2. The van der Waals surface area contributed by atoms with Crippen LogP contribution in [0.4, 0.5) is 4.39 Å². The molecule has 0 spiro atoms. The van der Waals surface area contributed by atoms with E-state index in [0.717, 1.165) is 24.0 Å². The fourth-order valence-electron chi connectivity index (χ4n) is 2.25. The van der Waals surface area contributed by atoms with Crippen molar-refractivity contribution in [3.63, 3.8) is 0 Å². The highest BCUT2D eigenvalue weighted by Gasteiger charge is 2.24. The molecule has 1 aliphatic rings. The third kappa shape index (κ3) is 2.75. The summed E-state index contributed by atoms with van der Waals surface area (Å²) in [6.07, 6.45) is 3.44. The monoisotopic (exact) mass is 255 g/mol. The third-order valence-corrected chi connectivity index (χ3v) is 4.73. The summed E-state index contributed by atoms with van der Waals surface area (Å²) in [6.45, 7) is 2.67. The van der Waals surface area contributed by atoms with Gasteiger partial charge in [-0.3, -0.25) is 4.21 Å². The first kappa shape index (κ1) is 12.7. The molecule has 1 aromatic rings. The molecule has 0 fully saturated rings. The minimum absolute atomic E-state index is 0.0982. The minimum atomic E-state index is -0.809. The average molecular weight is 255 g/mol. The van der Waals surface area contributed by atoms with Gasteiger partial charge in [0.05, 0.1) is 0 Å². The Morgan fingerprint density at radius 2 is 2.35 bits per heavy atom. The van der Waals surface area contributed by atoms with Crippen LogP contribution in [0.2, 0.25) is 0 Å². The highest BCUT2D eigenvalue weighted by Crippen LogP contribution is 2.32. The first-order chi connectivity index (χ1) is 8.09. The number of hydrogen-bond acceptors (Lipinski definition) is 2. The van der Waals surface area contributed by atoms with Gasteiger partial charge in [-0.15, -0.1) is 0 Å². The molecule has 1 aliphatic carbocycles. The number of nitrogens with one attached hydrogen (secondary N) is 1. The number of benzene rings is 1. The summed E-state index contributed by atoms with van der Waals surface area (Å²) in [4.78, 5) is 0. The Balaban J connectivity index is 2.03. The van der Waals surface area contributed by atoms with Crippen molar-refractivity contribution in [1.29, 1.82) is 0 Å². The number of halogens is 1. The number of fused-ring (bicyclic) bond motifs is 1. The SMILES string of the molecule is CC(CNC1CCc2c(F)cccc21)S(C)=O. The van der Waals surface area contributed by atoms with E-state index in [1.165, 1.54) is 6.07 Å². The van der Waals surface area contributed by atoms with Gasteiger partial charge in [-0.1, -0.05) is 12.1 Å². The molecule has 94 valence electrons. The molecule has 0 aliphatic heterocycles. The highest BCUT2D eigenvalue weighted by atomic mass is 32.2. The van der Waals surface area contributed by atoms with Crippen molar-refractivity contribution in [3.8, 4) is 0 Å². The molecule has 0 saturated heterocycles. The lowest BCUT2D eigenvalue weighted by molar-refractivity contribution is 0.529. The van der Waals surface area contributed by atoms with Crippen LogP contribution in [0, 0.1) is 5.82 Å². The summed E-state index contributed by atoms with van der Waals surface area (Å²) in [5, 5.41) is 3.52. The third-order valence-electron chi connectivity index (χ3n) is 3.43. The second-order valence-corrected chi connectivity index (χ2v) is 6.42. The van der Waals surface area contributed by atoms with Crippen molar-refractivity contribution >= 4 is 10.8 Å². The molecule has 17 heavy (non-hydrogen) atoms. The van der Waals surface area contributed by atoms with Crippen molar-refractivity contribution in [2.24, 2.45) is 0 Å². The summed E-state index contributed by atoms with van der Waals surface area (Å²) in [5.41, 5.74) is 1.91. The van der Waals surface area contributed by atoms with Crippen LogP contribution < -0.4 is 5.32 Å². The van der Waals surface area contributed by atoms with Gasteiger partial charge in [0.25, 0.3) is 0 Å². The van der Waals surface area contributed by atoms with Crippen LogP contribution in [-0.2, 0) is 17.2 Å². The average Bonchev–Trinajstić information content (AvgIpc) is 2.70. The Morgan fingerprint density at radius 1 is 1.59 bits per heavy atom. The molecule has 1 N–H and O–H groups in total. The zero-order valence-corrected chi connectivity index (χ0v) is 11.0. The summed E-state index contributed by atoms with van der Waals surface area (Å²) in [6, 6.07) is 5.48. The topological polar surface area (TPSA) is 29.1 Å². The lowest BCUT2D eigenvalue weighted by atomic mass is 10.1. The molecule has 2 nitrogen and oxygen atoms in total. The Labute approximate surface area is 104 Å². The summed E-state index contributed by atoms with van der Waals surface area (Å²) in [5.74, 6) is -0.0982. The summed E-state index contributed by atoms with van der Waals surface area (Å²) in [7, 11) is -0.809. The molecule has 3 unspecified atom stereocenters. The largest absolute Gasteiger partial charge is 0.309 e. The van der Waals surface area contributed by atoms with E-state index in [9.17, 15) is 8.60 Å². The molecule has 0 heterocycles. The van der Waals surface area contributed by atoms with Crippen molar-refractivity contribution in [2.45, 2.75) is 31.1 Å². The molecule has 0 amide bonds. The molecular formula is C13H18FNOS. The molecular weight excluding hydrogens is 237 g/mol. The maximum Gasteiger partial charge on any atom is 0.126 e. The first-order valence-corrected chi connectivity index (χ1v) is 7.54. The summed E-state index contributed by atoms with van der Waals surface area (Å²) >= 11 is 0. The van der Waals surface area contributed by atoms with Gasteiger partial charge in [0, 0.05) is 34.9 Å². The van der Waals surface area contributed by atoms with E-state index in [1.807, 2.05) is 13.0 Å². The van der Waals surface area contributed by atoms with E-state index in [1.54, 1.807) is 12.3 Å². The van der Waals surface area contributed by atoms with E-state index in [2.05, 4.69) is 5.32 Å². The van der Waals surface area contributed by atoms with Crippen molar-refractivity contribution in [2.75, 3.05) is 12.8 Å². The smallest absolute Gasteiger partial charge is 0.126 e. The second-order valence-electron chi connectivity index (χ2n) is 4.62. The molecule has 3 atom stereocenters. The van der Waals surface area contributed by atoms with E-state index in [4.69, 9.17) is 0 Å². The van der Waals surface area contributed by atoms with Gasteiger partial charge < -0.3 is 5.32 Å². The van der Waals surface area contributed by atoms with Crippen LogP contribution in [0.1, 0.15) is 30.5 Å². The maximum absolute atomic E-state index is 13.5. The molecule has 1 aromatic carbocycles. The van der Waals surface area contributed by atoms with E-state index in [0.29, 0.717) is 6.54 Å². The Kier molecular flexibility index (Phi) is 3.94. The van der Waals surface area contributed by atoms with Gasteiger partial charge in [-0.2, -0.15) is 0 Å². The number of hydrogen-bond donors (Lipinski definition) is 1. The van der Waals surface area contributed by atoms with Crippen LogP contribution in [0.25, 0.3) is 0 Å².